The fourth-order valence-corrected chi connectivity index (χ4v) is 6.10. The Morgan fingerprint density at radius 3 is 2.26 bits per heavy atom. The minimum absolute atomic E-state index is 0.254. The lowest BCUT2D eigenvalue weighted by atomic mass is 9.89. The molecule has 27 heavy (non-hydrogen) atoms. The molecule has 0 spiro atoms. The summed E-state index contributed by atoms with van der Waals surface area (Å²) >= 11 is 0. The van der Waals surface area contributed by atoms with E-state index in [0.717, 1.165) is 49.7 Å². The molecule has 0 bridgehead atoms. The standard InChI is InChI=1S/C24H30N2O/c1-18-15-22-23(16-18)24(22,19-7-6-10-21(17-19)27-2)26-13-11-25(12-14-26)20-8-4-3-5-9-20/h3-10,17-18,22-23H,11-16H2,1-2H3/t18?,22-,23+,24?. The lowest BCUT2D eigenvalue weighted by molar-refractivity contribution is 0.124. The topological polar surface area (TPSA) is 15.7 Å². The van der Waals surface area contributed by atoms with E-state index in [1.54, 1.807) is 7.11 Å². The SMILES string of the molecule is COc1cccc(C2(N3CCN(c4ccccc4)CC3)[C@@H]3CC(C)C[C@@H]32)c1. The van der Waals surface area contributed by atoms with Gasteiger partial charge >= 0.3 is 0 Å². The van der Waals surface area contributed by atoms with Gasteiger partial charge in [-0.3, -0.25) is 4.90 Å². The molecule has 0 aromatic heterocycles. The number of rotatable bonds is 4. The largest absolute Gasteiger partial charge is 0.497 e. The average Bonchev–Trinajstić information content (AvgIpc) is 3.15. The van der Waals surface area contributed by atoms with Crippen molar-refractivity contribution >= 4 is 5.69 Å². The first-order chi connectivity index (χ1) is 13.2. The zero-order valence-corrected chi connectivity index (χ0v) is 16.5. The van der Waals surface area contributed by atoms with Crippen LogP contribution in [0.1, 0.15) is 25.3 Å². The Kier molecular flexibility index (Phi) is 4.16. The van der Waals surface area contributed by atoms with Gasteiger partial charge in [-0.15, -0.1) is 0 Å². The molecule has 2 saturated carbocycles. The van der Waals surface area contributed by atoms with E-state index in [1.165, 1.54) is 24.1 Å². The highest BCUT2D eigenvalue weighted by atomic mass is 16.5. The van der Waals surface area contributed by atoms with Gasteiger partial charge in [0, 0.05) is 31.9 Å². The minimum atomic E-state index is 0.254. The van der Waals surface area contributed by atoms with Crippen molar-refractivity contribution in [3.05, 3.63) is 60.2 Å². The van der Waals surface area contributed by atoms with Gasteiger partial charge < -0.3 is 9.64 Å². The van der Waals surface area contributed by atoms with Gasteiger partial charge in [-0.05, 0) is 60.4 Å². The molecule has 3 nitrogen and oxygen atoms in total. The van der Waals surface area contributed by atoms with Crippen molar-refractivity contribution < 1.29 is 4.74 Å². The van der Waals surface area contributed by atoms with Crippen LogP contribution < -0.4 is 9.64 Å². The maximum absolute atomic E-state index is 5.56. The van der Waals surface area contributed by atoms with E-state index in [1.807, 2.05) is 0 Å². The molecule has 4 atom stereocenters. The third-order valence-corrected chi connectivity index (χ3v) is 7.28. The normalized spacial score (nSPS) is 33.0. The third kappa shape index (κ3) is 2.67. The summed E-state index contributed by atoms with van der Waals surface area (Å²) in [4.78, 5) is 5.35. The maximum atomic E-state index is 5.56. The number of piperazine rings is 1. The van der Waals surface area contributed by atoms with E-state index in [-0.39, 0.29) is 5.54 Å². The van der Waals surface area contributed by atoms with Gasteiger partial charge in [-0.2, -0.15) is 0 Å². The number of hydrogen-bond donors (Lipinski definition) is 0. The van der Waals surface area contributed by atoms with Crippen LogP contribution in [-0.4, -0.2) is 38.2 Å². The second-order valence-corrected chi connectivity index (χ2v) is 8.66. The highest BCUT2D eigenvalue weighted by Crippen LogP contribution is 2.70. The van der Waals surface area contributed by atoms with E-state index in [9.17, 15) is 0 Å². The predicted octanol–water partition coefficient (Wildman–Crippen LogP) is 4.39. The highest BCUT2D eigenvalue weighted by molar-refractivity contribution is 5.47. The molecule has 142 valence electrons. The number of hydrogen-bond acceptors (Lipinski definition) is 3. The van der Waals surface area contributed by atoms with E-state index < -0.39 is 0 Å². The van der Waals surface area contributed by atoms with Crippen molar-refractivity contribution in [3.63, 3.8) is 0 Å². The molecule has 2 unspecified atom stereocenters. The molecular weight excluding hydrogens is 332 g/mol. The van der Waals surface area contributed by atoms with E-state index in [2.05, 4.69) is 71.3 Å². The molecule has 2 aliphatic carbocycles. The monoisotopic (exact) mass is 362 g/mol. The minimum Gasteiger partial charge on any atom is -0.497 e. The first-order valence-electron chi connectivity index (χ1n) is 10.4. The Morgan fingerprint density at radius 2 is 1.59 bits per heavy atom. The van der Waals surface area contributed by atoms with Crippen LogP contribution in [0, 0.1) is 17.8 Å². The van der Waals surface area contributed by atoms with Crippen LogP contribution in [0.2, 0.25) is 0 Å². The Morgan fingerprint density at radius 1 is 0.889 bits per heavy atom. The number of fused-ring (bicyclic) bond motifs is 1. The summed E-state index contributed by atoms with van der Waals surface area (Å²) in [6, 6.07) is 19.8. The lowest BCUT2D eigenvalue weighted by Gasteiger charge is -2.43. The summed E-state index contributed by atoms with van der Waals surface area (Å²) in [7, 11) is 1.78. The molecule has 3 fully saturated rings. The second kappa shape index (κ2) is 6.56. The van der Waals surface area contributed by atoms with E-state index >= 15 is 0 Å². The summed E-state index contributed by atoms with van der Waals surface area (Å²) in [5.41, 5.74) is 3.10. The molecule has 3 aliphatic rings. The summed E-state index contributed by atoms with van der Waals surface area (Å²) in [5.74, 6) is 3.52. The van der Waals surface area contributed by atoms with Crippen molar-refractivity contribution in [1.82, 2.24) is 4.90 Å². The molecule has 2 aromatic carbocycles. The molecular formula is C24H30N2O. The Balaban J connectivity index is 1.40. The first-order valence-corrected chi connectivity index (χ1v) is 10.4. The van der Waals surface area contributed by atoms with Crippen LogP contribution >= 0.6 is 0 Å². The van der Waals surface area contributed by atoms with Crippen molar-refractivity contribution in [1.29, 1.82) is 0 Å². The number of methoxy groups -OCH3 is 1. The molecule has 5 rings (SSSR count). The molecule has 2 aromatic rings. The average molecular weight is 363 g/mol. The van der Waals surface area contributed by atoms with Crippen LogP contribution in [0.3, 0.4) is 0 Å². The molecule has 3 heteroatoms. The van der Waals surface area contributed by atoms with Crippen LogP contribution in [0.25, 0.3) is 0 Å². The van der Waals surface area contributed by atoms with Gasteiger partial charge in [0.1, 0.15) is 5.75 Å². The van der Waals surface area contributed by atoms with Gasteiger partial charge in [-0.1, -0.05) is 37.3 Å². The molecule has 0 N–H and O–H groups in total. The number of ether oxygens (including phenoxy) is 1. The summed E-state index contributed by atoms with van der Waals surface area (Å²) in [5, 5.41) is 0. The molecule has 0 amide bonds. The number of anilines is 1. The number of para-hydroxylation sites is 1. The van der Waals surface area contributed by atoms with Gasteiger partial charge in [0.2, 0.25) is 0 Å². The van der Waals surface area contributed by atoms with Crippen molar-refractivity contribution in [2.24, 2.45) is 17.8 Å². The Bertz CT molecular complexity index is 785. The smallest absolute Gasteiger partial charge is 0.119 e. The maximum Gasteiger partial charge on any atom is 0.119 e. The van der Waals surface area contributed by atoms with Crippen molar-refractivity contribution in [2.45, 2.75) is 25.3 Å². The van der Waals surface area contributed by atoms with Gasteiger partial charge in [0.05, 0.1) is 12.6 Å². The lowest BCUT2D eigenvalue weighted by Crippen LogP contribution is -2.52. The van der Waals surface area contributed by atoms with Gasteiger partial charge in [-0.25, -0.2) is 0 Å². The third-order valence-electron chi connectivity index (χ3n) is 7.28. The predicted molar refractivity (Wildman–Crippen MR) is 110 cm³/mol. The molecule has 1 saturated heterocycles. The van der Waals surface area contributed by atoms with Crippen molar-refractivity contribution in [2.75, 3.05) is 38.2 Å². The van der Waals surface area contributed by atoms with Crippen LogP contribution in [-0.2, 0) is 5.54 Å². The van der Waals surface area contributed by atoms with Crippen LogP contribution in [0.4, 0.5) is 5.69 Å². The molecule has 1 heterocycles. The number of benzene rings is 2. The second-order valence-electron chi connectivity index (χ2n) is 8.66. The van der Waals surface area contributed by atoms with E-state index in [0.29, 0.717) is 0 Å². The fourth-order valence-electron chi connectivity index (χ4n) is 6.10. The fraction of sp³-hybridized carbons (Fsp3) is 0.500. The Hall–Kier alpha value is -2.00. The van der Waals surface area contributed by atoms with Crippen LogP contribution in [0.5, 0.6) is 5.75 Å². The van der Waals surface area contributed by atoms with Gasteiger partial charge in [0.15, 0.2) is 0 Å². The zero-order chi connectivity index (χ0) is 18.4. The van der Waals surface area contributed by atoms with Crippen LogP contribution in [0.15, 0.2) is 54.6 Å². The zero-order valence-electron chi connectivity index (χ0n) is 16.5. The summed E-state index contributed by atoms with van der Waals surface area (Å²) < 4.78 is 5.56. The van der Waals surface area contributed by atoms with Gasteiger partial charge in [0.25, 0.3) is 0 Å². The van der Waals surface area contributed by atoms with E-state index in [4.69, 9.17) is 4.74 Å². The van der Waals surface area contributed by atoms with Crippen molar-refractivity contribution in [3.8, 4) is 5.75 Å². The molecule has 1 aliphatic heterocycles. The summed E-state index contributed by atoms with van der Waals surface area (Å²) in [6.07, 6.45) is 2.75. The molecule has 0 radical (unpaired) electrons. The summed E-state index contributed by atoms with van der Waals surface area (Å²) in [6.45, 7) is 6.95. The quantitative estimate of drug-likeness (QED) is 0.802. The Labute approximate surface area is 162 Å². The number of nitrogens with zero attached hydrogens (tertiary/aromatic N) is 2. The highest BCUT2D eigenvalue weighted by Gasteiger charge is 2.70. The first kappa shape index (κ1) is 17.1.